The van der Waals surface area contributed by atoms with Crippen molar-refractivity contribution >= 4 is 0 Å². The second-order valence-corrected chi connectivity index (χ2v) is 5.47. The lowest BCUT2D eigenvalue weighted by atomic mass is 9.86. The summed E-state index contributed by atoms with van der Waals surface area (Å²) in [5, 5.41) is 9.25. The van der Waals surface area contributed by atoms with Crippen LogP contribution in [-0.2, 0) is 4.74 Å². The van der Waals surface area contributed by atoms with E-state index in [1.165, 1.54) is 5.56 Å². The van der Waals surface area contributed by atoms with Gasteiger partial charge in [0.1, 0.15) is 0 Å². The fourth-order valence-corrected chi connectivity index (χ4v) is 2.45. The maximum Gasteiger partial charge on any atom is 0.161 e. The minimum Gasteiger partial charge on any atom is -0.493 e. The monoisotopic (exact) mass is 296 g/mol. The van der Waals surface area contributed by atoms with Crippen molar-refractivity contribution < 1.29 is 19.3 Å². The Labute approximate surface area is 128 Å². The number of ether oxygens (including phenoxy) is 3. The molecule has 1 N–H and O–H groups in total. The lowest BCUT2D eigenvalue weighted by Crippen LogP contribution is -2.10. The average molecular weight is 296 g/mol. The first-order valence-corrected chi connectivity index (χ1v) is 7.54. The van der Waals surface area contributed by atoms with Crippen LogP contribution in [0.4, 0.5) is 0 Å². The zero-order valence-corrected chi connectivity index (χ0v) is 13.6. The summed E-state index contributed by atoms with van der Waals surface area (Å²) in [5.41, 5.74) is 1.18. The maximum atomic E-state index is 9.25. The van der Waals surface area contributed by atoms with Crippen LogP contribution in [0.25, 0.3) is 0 Å². The van der Waals surface area contributed by atoms with Crippen molar-refractivity contribution in [2.24, 2.45) is 5.92 Å². The van der Waals surface area contributed by atoms with Crippen LogP contribution < -0.4 is 9.47 Å². The highest BCUT2D eigenvalue weighted by molar-refractivity contribution is 5.44. The molecule has 21 heavy (non-hydrogen) atoms. The first-order chi connectivity index (χ1) is 10.1. The first kappa shape index (κ1) is 17.8. The van der Waals surface area contributed by atoms with Crippen molar-refractivity contribution in [1.82, 2.24) is 0 Å². The SMILES string of the molecule is COCCCOc1cc(C(CCO)C(C)C)ccc1OC. The fraction of sp³-hybridized carbons (Fsp3) is 0.647. The smallest absolute Gasteiger partial charge is 0.161 e. The summed E-state index contributed by atoms with van der Waals surface area (Å²) in [6.45, 7) is 5.81. The highest BCUT2D eigenvalue weighted by atomic mass is 16.5. The van der Waals surface area contributed by atoms with Crippen LogP contribution in [0, 0.1) is 5.92 Å². The molecule has 0 radical (unpaired) electrons. The maximum absolute atomic E-state index is 9.25. The van der Waals surface area contributed by atoms with Gasteiger partial charge in [-0.2, -0.15) is 0 Å². The van der Waals surface area contributed by atoms with Crippen molar-refractivity contribution in [3.05, 3.63) is 23.8 Å². The number of hydrogen-bond acceptors (Lipinski definition) is 4. The van der Waals surface area contributed by atoms with Gasteiger partial charge in [-0.05, 0) is 36.0 Å². The van der Waals surface area contributed by atoms with E-state index in [1.54, 1.807) is 14.2 Å². The highest BCUT2D eigenvalue weighted by Crippen LogP contribution is 2.35. The van der Waals surface area contributed by atoms with E-state index in [1.807, 2.05) is 12.1 Å². The topological polar surface area (TPSA) is 47.9 Å². The molecule has 0 aliphatic carbocycles. The summed E-state index contributed by atoms with van der Waals surface area (Å²) in [5.74, 6) is 2.28. The van der Waals surface area contributed by atoms with Crippen LogP contribution in [-0.4, -0.2) is 39.1 Å². The van der Waals surface area contributed by atoms with E-state index in [2.05, 4.69) is 19.9 Å². The molecule has 4 heteroatoms. The Bertz CT molecular complexity index is 404. The molecule has 0 saturated heterocycles. The second kappa shape index (κ2) is 9.64. The first-order valence-electron chi connectivity index (χ1n) is 7.54. The quantitative estimate of drug-likeness (QED) is 0.673. The van der Waals surface area contributed by atoms with E-state index in [-0.39, 0.29) is 6.61 Å². The highest BCUT2D eigenvalue weighted by Gasteiger charge is 2.17. The molecule has 1 rings (SSSR count). The lowest BCUT2D eigenvalue weighted by molar-refractivity contribution is 0.170. The molecular formula is C17H28O4. The molecule has 1 aromatic rings. The van der Waals surface area contributed by atoms with E-state index in [9.17, 15) is 5.11 Å². The molecule has 0 heterocycles. The van der Waals surface area contributed by atoms with E-state index >= 15 is 0 Å². The van der Waals surface area contributed by atoms with E-state index in [0.717, 1.165) is 24.3 Å². The Morgan fingerprint density at radius 1 is 1.10 bits per heavy atom. The number of hydrogen-bond donors (Lipinski definition) is 1. The fourth-order valence-electron chi connectivity index (χ4n) is 2.45. The molecule has 1 aromatic carbocycles. The third-order valence-corrected chi connectivity index (χ3v) is 3.61. The van der Waals surface area contributed by atoms with Crippen LogP contribution in [0.2, 0.25) is 0 Å². The summed E-state index contributed by atoms with van der Waals surface area (Å²) in [7, 11) is 3.33. The molecule has 0 aliphatic rings. The number of benzene rings is 1. The molecule has 0 amide bonds. The van der Waals surface area contributed by atoms with Gasteiger partial charge < -0.3 is 19.3 Å². The standard InChI is InChI=1S/C17H28O4/c1-13(2)15(8-9-18)14-6-7-16(20-4)17(12-14)21-11-5-10-19-3/h6-7,12-13,15,18H,5,8-11H2,1-4H3. The molecule has 120 valence electrons. The summed E-state index contributed by atoms with van der Waals surface area (Å²) in [4.78, 5) is 0. The van der Waals surface area contributed by atoms with Crippen molar-refractivity contribution in [3.8, 4) is 11.5 Å². The van der Waals surface area contributed by atoms with E-state index in [4.69, 9.17) is 14.2 Å². The second-order valence-electron chi connectivity index (χ2n) is 5.47. The molecule has 4 nitrogen and oxygen atoms in total. The molecule has 1 atom stereocenters. The van der Waals surface area contributed by atoms with Gasteiger partial charge in [-0.25, -0.2) is 0 Å². The van der Waals surface area contributed by atoms with Crippen molar-refractivity contribution in [1.29, 1.82) is 0 Å². The van der Waals surface area contributed by atoms with Gasteiger partial charge in [0.25, 0.3) is 0 Å². The minimum atomic E-state index is 0.193. The normalized spacial score (nSPS) is 12.5. The van der Waals surface area contributed by atoms with Crippen molar-refractivity contribution in [2.45, 2.75) is 32.6 Å². The number of aliphatic hydroxyl groups excluding tert-OH is 1. The summed E-state index contributed by atoms with van der Waals surface area (Å²) in [6.07, 6.45) is 1.60. The van der Waals surface area contributed by atoms with Gasteiger partial charge in [0.2, 0.25) is 0 Å². The molecule has 0 aliphatic heterocycles. The van der Waals surface area contributed by atoms with Gasteiger partial charge in [0.15, 0.2) is 11.5 Å². The molecule has 0 aromatic heterocycles. The number of methoxy groups -OCH3 is 2. The Morgan fingerprint density at radius 2 is 1.86 bits per heavy atom. The average Bonchev–Trinajstić information content (AvgIpc) is 2.48. The van der Waals surface area contributed by atoms with Gasteiger partial charge >= 0.3 is 0 Å². The zero-order chi connectivity index (χ0) is 15.7. The molecule has 0 saturated carbocycles. The minimum absolute atomic E-state index is 0.193. The molecule has 1 unspecified atom stereocenters. The Hall–Kier alpha value is -1.26. The molecular weight excluding hydrogens is 268 g/mol. The van der Waals surface area contributed by atoms with Gasteiger partial charge in [-0.3, -0.25) is 0 Å². The van der Waals surface area contributed by atoms with Crippen molar-refractivity contribution in [3.63, 3.8) is 0 Å². The number of rotatable bonds is 10. The third kappa shape index (κ3) is 5.56. The van der Waals surface area contributed by atoms with Crippen LogP contribution in [0.1, 0.15) is 38.2 Å². The van der Waals surface area contributed by atoms with Gasteiger partial charge in [0, 0.05) is 26.7 Å². The third-order valence-electron chi connectivity index (χ3n) is 3.61. The Morgan fingerprint density at radius 3 is 2.43 bits per heavy atom. The summed E-state index contributed by atoms with van der Waals surface area (Å²) >= 11 is 0. The molecule has 0 bridgehead atoms. The largest absolute Gasteiger partial charge is 0.493 e. The van der Waals surface area contributed by atoms with Crippen LogP contribution in [0.15, 0.2) is 18.2 Å². The zero-order valence-electron chi connectivity index (χ0n) is 13.6. The molecule has 0 fully saturated rings. The summed E-state index contributed by atoms with van der Waals surface area (Å²) < 4.78 is 16.2. The summed E-state index contributed by atoms with van der Waals surface area (Å²) in [6, 6.07) is 6.03. The van der Waals surface area contributed by atoms with Crippen LogP contribution in [0.3, 0.4) is 0 Å². The van der Waals surface area contributed by atoms with Crippen LogP contribution >= 0.6 is 0 Å². The van der Waals surface area contributed by atoms with Gasteiger partial charge in [-0.15, -0.1) is 0 Å². The van der Waals surface area contributed by atoms with E-state index < -0.39 is 0 Å². The van der Waals surface area contributed by atoms with E-state index in [0.29, 0.717) is 25.0 Å². The Kier molecular flexibility index (Phi) is 8.16. The van der Waals surface area contributed by atoms with Gasteiger partial charge in [0.05, 0.1) is 13.7 Å². The van der Waals surface area contributed by atoms with Gasteiger partial charge in [-0.1, -0.05) is 19.9 Å². The predicted molar refractivity (Wildman–Crippen MR) is 84.3 cm³/mol. The molecule has 0 spiro atoms. The number of aliphatic hydroxyl groups is 1. The van der Waals surface area contributed by atoms with Crippen molar-refractivity contribution in [2.75, 3.05) is 34.0 Å². The lowest BCUT2D eigenvalue weighted by Gasteiger charge is -2.22. The predicted octanol–water partition coefficient (Wildman–Crippen LogP) is 3.23. The Balaban J connectivity index is 2.86. The van der Waals surface area contributed by atoms with Crippen LogP contribution in [0.5, 0.6) is 11.5 Å².